The fourth-order valence-electron chi connectivity index (χ4n) is 0.987. The molecule has 0 saturated carbocycles. The van der Waals surface area contributed by atoms with Gasteiger partial charge < -0.3 is 9.47 Å². The summed E-state index contributed by atoms with van der Waals surface area (Å²) in [6, 6.07) is 0. The predicted octanol–water partition coefficient (Wildman–Crippen LogP) is 1.65. The monoisotopic (exact) mass is 152 g/mol. The fraction of sp³-hybridized carbons (Fsp3) is 0.333. The molecule has 1 aliphatic heterocycles. The SMILES string of the molecule is C=CC1OC(C=C)C(C=C)O1. The maximum Gasteiger partial charge on any atom is 0.178 e. The first-order valence-electron chi connectivity index (χ1n) is 3.50. The summed E-state index contributed by atoms with van der Waals surface area (Å²) in [5.74, 6) is 0. The Morgan fingerprint density at radius 3 is 1.55 bits per heavy atom. The lowest BCUT2D eigenvalue weighted by Crippen LogP contribution is -2.16. The van der Waals surface area contributed by atoms with Crippen LogP contribution in [0.2, 0.25) is 0 Å². The second-order valence-electron chi connectivity index (χ2n) is 2.28. The Labute approximate surface area is 66.8 Å². The van der Waals surface area contributed by atoms with E-state index in [4.69, 9.17) is 9.47 Å². The molecule has 1 rings (SSSR count). The Hall–Kier alpha value is -0.860. The number of rotatable bonds is 3. The highest BCUT2D eigenvalue weighted by Gasteiger charge is 2.29. The highest BCUT2D eigenvalue weighted by Crippen LogP contribution is 2.20. The molecule has 0 bridgehead atoms. The number of ether oxygens (including phenoxy) is 2. The van der Waals surface area contributed by atoms with Gasteiger partial charge in [0.15, 0.2) is 6.29 Å². The zero-order chi connectivity index (χ0) is 8.27. The van der Waals surface area contributed by atoms with E-state index >= 15 is 0 Å². The van der Waals surface area contributed by atoms with E-state index < -0.39 is 0 Å². The molecule has 60 valence electrons. The molecule has 0 spiro atoms. The van der Waals surface area contributed by atoms with Gasteiger partial charge >= 0.3 is 0 Å². The molecule has 0 amide bonds. The van der Waals surface area contributed by atoms with E-state index in [0.29, 0.717) is 0 Å². The Bertz CT molecular complexity index is 158. The molecule has 0 aromatic heterocycles. The fourth-order valence-corrected chi connectivity index (χ4v) is 0.987. The van der Waals surface area contributed by atoms with E-state index in [1.165, 1.54) is 0 Å². The van der Waals surface area contributed by atoms with Gasteiger partial charge in [-0.15, -0.1) is 13.2 Å². The largest absolute Gasteiger partial charge is 0.339 e. The molecule has 11 heavy (non-hydrogen) atoms. The van der Waals surface area contributed by atoms with Crippen molar-refractivity contribution in [3.8, 4) is 0 Å². The maximum atomic E-state index is 5.33. The van der Waals surface area contributed by atoms with Crippen molar-refractivity contribution in [1.29, 1.82) is 0 Å². The van der Waals surface area contributed by atoms with Gasteiger partial charge in [-0.1, -0.05) is 18.7 Å². The number of hydrogen-bond acceptors (Lipinski definition) is 2. The molecule has 1 heterocycles. The van der Waals surface area contributed by atoms with E-state index in [2.05, 4.69) is 19.7 Å². The van der Waals surface area contributed by atoms with Crippen LogP contribution in [0.4, 0.5) is 0 Å². The quantitative estimate of drug-likeness (QED) is 0.572. The van der Waals surface area contributed by atoms with Crippen molar-refractivity contribution in [3.63, 3.8) is 0 Å². The van der Waals surface area contributed by atoms with Gasteiger partial charge in [-0.25, -0.2) is 0 Å². The molecule has 2 unspecified atom stereocenters. The highest BCUT2D eigenvalue weighted by molar-refractivity contribution is 5.01. The molecule has 2 atom stereocenters. The van der Waals surface area contributed by atoms with Crippen LogP contribution in [-0.2, 0) is 9.47 Å². The third-order valence-corrected chi connectivity index (χ3v) is 1.56. The van der Waals surface area contributed by atoms with Crippen molar-refractivity contribution < 1.29 is 9.47 Å². The molecule has 1 saturated heterocycles. The van der Waals surface area contributed by atoms with Gasteiger partial charge in [0.25, 0.3) is 0 Å². The third-order valence-electron chi connectivity index (χ3n) is 1.56. The van der Waals surface area contributed by atoms with Crippen LogP contribution in [0.25, 0.3) is 0 Å². The van der Waals surface area contributed by atoms with Gasteiger partial charge in [0, 0.05) is 0 Å². The standard InChI is InChI=1S/C9H12O2/c1-4-7-8(5-2)11-9(6-3)10-7/h4-9H,1-3H2. The van der Waals surface area contributed by atoms with E-state index in [0.717, 1.165) is 0 Å². The zero-order valence-electron chi connectivity index (χ0n) is 6.40. The Balaban J connectivity index is 2.60. The van der Waals surface area contributed by atoms with E-state index in [1.807, 2.05) is 0 Å². The van der Waals surface area contributed by atoms with Crippen LogP contribution in [0.1, 0.15) is 0 Å². The molecule has 0 aliphatic carbocycles. The van der Waals surface area contributed by atoms with Gasteiger partial charge in [0.1, 0.15) is 12.2 Å². The van der Waals surface area contributed by atoms with Gasteiger partial charge in [-0.05, 0) is 6.08 Å². The van der Waals surface area contributed by atoms with Crippen molar-refractivity contribution >= 4 is 0 Å². The normalized spacial score (nSPS) is 36.5. The molecule has 0 N–H and O–H groups in total. The first kappa shape index (κ1) is 8.24. The number of hydrogen-bond donors (Lipinski definition) is 0. The average molecular weight is 152 g/mol. The Kier molecular flexibility index (Phi) is 2.63. The summed E-state index contributed by atoms with van der Waals surface area (Å²) < 4.78 is 10.7. The van der Waals surface area contributed by atoms with Gasteiger partial charge in [0.05, 0.1) is 0 Å². The molecule has 1 fully saturated rings. The van der Waals surface area contributed by atoms with Crippen LogP contribution in [0.15, 0.2) is 38.0 Å². The molecule has 1 aliphatic rings. The van der Waals surface area contributed by atoms with Crippen LogP contribution in [0.3, 0.4) is 0 Å². The molecular formula is C9H12O2. The maximum absolute atomic E-state index is 5.33. The smallest absolute Gasteiger partial charge is 0.178 e. The molecule has 0 aromatic carbocycles. The van der Waals surface area contributed by atoms with Crippen LogP contribution in [-0.4, -0.2) is 18.5 Å². The molecule has 2 nitrogen and oxygen atoms in total. The predicted molar refractivity (Wildman–Crippen MR) is 44.1 cm³/mol. The first-order valence-corrected chi connectivity index (χ1v) is 3.50. The van der Waals surface area contributed by atoms with Crippen molar-refractivity contribution in [3.05, 3.63) is 38.0 Å². The summed E-state index contributed by atoms with van der Waals surface area (Å²) in [5, 5.41) is 0. The van der Waals surface area contributed by atoms with Crippen LogP contribution in [0.5, 0.6) is 0 Å². The summed E-state index contributed by atoms with van der Waals surface area (Å²) in [6.45, 7) is 10.8. The van der Waals surface area contributed by atoms with Crippen molar-refractivity contribution in [2.24, 2.45) is 0 Å². The minimum Gasteiger partial charge on any atom is -0.339 e. The van der Waals surface area contributed by atoms with E-state index in [1.54, 1.807) is 18.2 Å². The second-order valence-corrected chi connectivity index (χ2v) is 2.28. The zero-order valence-corrected chi connectivity index (χ0v) is 6.40. The summed E-state index contributed by atoms with van der Waals surface area (Å²) in [4.78, 5) is 0. The van der Waals surface area contributed by atoms with Crippen molar-refractivity contribution in [2.45, 2.75) is 18.5 Å². The molecule has 2 heteroatoms. The second kappa shape index (κ2) is 3.51. The first-order chi connectivity index (χ1) is 5.31. The lowest BCUT2D eigenvalue weighted by atomic mass is 10.2. The third kappa shape index (κ3) is 1.59. The van der Waals surface area contributed by atoms with E-state index in [-0.39, 0.29) is 18.5 Å². The van der Waals surface area contributed by atoms with Crippen LogP contribution >= 0.6 is 0 Å². The minimum absolute atomic E-state index is 0.0875. The topological polar surface area (TPSA) is 18.5 Å². The lowest BCUT2D eigenvalue weighted by Gasteiger charge is -2.05. The summed E-state index contributed by atoms with van der Waals surface area (Å²) in [6.07, 6.45) is 4.53. The molecular weight excluding hydrogens is 140 g/mol. The van der Waals surface area contributed by atoms with Gasteiger partial charge in [-0.3, -0.25) is 0 Å². The molecule has 0 aromatic rings. The van der Waals surface area contributed by atoms with E-state index in [9.17, 15) is 0 Å². The Morgan fingerprint density at radius 2 is 1.27 bits per heavy atom. The van der Waals surface area contributed by atoms with Crippen molar-refractivity contribution in [1.82, 2.24) is 0 Å². The van der Waals surface area contributed by atoms with Gasteiger partial charge in [0.2, 0.25) is 0 Å². The lowest BCUT2D eigenvalue weighted by molar-refractivity contribution is -0.0181. The summed E-state index contributed by atoms with van der Waals surface area (Å²) >= 11 is 0. The Morgan fingerprint density at radius 1 is 0.818 bits per heavy atom. The summed E-state index contributed by atoms with van der Waals surface area (Å²) in [5.41, 5.74) is 0. The molecule has 0 radical (unpaired) electrons. The summed E-state index contributed by atoms with van der Waals surface area (Å²) in [7, 11) is 0. The van der Waals surface area contributed by atoms with Crippen molar-refractivity contribution in [2.75, 3.05) is 0 Å². The highest BCUT2D eigenvalue weighted by atomic mass is 16.7. The van der Waals surface area contributed by atoms with Gasteiger partial charge in [-0.2, -0.15) is 0 Å². The van der Waals surface area contributed by atoms with Crippen LogP contribution < -0.4 is 0 Å². The average Bonchev–Trinajstić information content (AvgIpc) is 2.46. The van der Waals surface area contributed by atoms with Crippen LogP contribution in [0, 0.1) is 0 Å². The minimum atomic E-state index is -0.319.